The minimum atomic E-state index is -0.0189. The number of aromatic nitrogens is 2. The Hall–Kier alpha value is -1.06. The second-order valence-electron chi connectivity index (χ2n) is 5.05. The van der Waals surface area contributed by atoms with Crippen molar-refractivity contribution in [1.82, 2.24) is 9.55 Å². The molecule has 0 spiro atoms. The van der Waals surface area contributed by atoms with Crippen LogP contribution in [0.1, 0.15) is 26.1 Å². The molecule has 2 N–H and O–H groups in total. The van der Waals surface area contributed by atoms with Crippen LogP contribution in [0.5, 0.6) is 0 Å². The Morgan fingerprint density at radius 1 is 1.41 bits per heavy atom. The average molecular weight is 252 g/mol. The number of benzene rings is 1. The highest BCUT2D eigenvalue weighted by atomic mass is 35.5. The summed E-state index contributed by atoms with van der Waals surface area (Å²) in [6.45, 7) is 5.00. The smallest absolute Gasteiger partial charge is 0.115 e. The monoisotopic (exact) mass is 251 g/mol. The molecule has 1 aromatic heterocycles. The van der Waals surface area contributed by atoms with E-state index in [2.05, 4.69) is 18.4 Å². The zero-order valence-corrected chi connectivity index (χ0v) is 11.3. The van der Waals surface area contributed by atoms with Gasteiger partial charge in [0.05, 0.1) is 11.0 Å². The number of fused-ring (bicyclic) bond motifs is 1. The molecule has 0 aliphatic heterocycles. The molecule has 0 atom stereocenters. The van der Waals surface area contributed by atoms with E-state index in [1.165, 1.54) is 0 Å². The van der Waals surface area contributed by atoms with Crippen LogP contribution in [0.25, 0.3) is 11.0 Å². The Labute approximate surface area is 107 Å². The van der Waals surface area contributed by atoms with Crippen LogP contribution < -0.4 is 5.73 Å². The van der Waals surface area contributed by atoms with Crippen molar-refractivity contribution in [1.29, 1.82) is 0 Å². The second-order valence-corrected chi connectivity index (χ2v) is 5.49. The van der Waals surface area contributed by atoms with Crippen LogP contribution in [0.15, 0.2) is 18.2 Å². The summed E-state index contributed by atoms with van der Waals surface area (Å²) in [7, 11) is 2.03. The molecule has 4 heteroatoms. The lowest BCUT2D eigenvalue weighted by Gasteiger charge is -2.23. The molecule has 2 rings (SSSR count). The van der Waals surface area contributed by atoms with Crippen LogP contribution in [0, 0.1) is 0 Å². The number of hydrogen-bond acceptors (Lipinski definition) is 2. The van der Waals surface area contributed by atoms with Gasteiger partial charge in [-0.25, -0.2) is 4.98 Å². The minimum Gasteiger partial charge on any atom is -0.331 e. The van der Waals surface area contributed by atoms with Gasteiger partial charge in [0, 0.05) is 17.5 Å². The summed E-state index contributed by atoms with van der Waals surface area (Å²) >= 11 is 6.01. The van der Waals surface area contributed by atoms with Gasteiger partial charge in [-0.15, -0.1) is 0 Å². The third kappa shape index (κ3) is 2.17. The summed E-state index contributed by atoms with van der Waals surface area (Å²) in [6, 6.07) is 5.78. The molecule has 0 aliphatic rings. The standard InChI is InChI=1S/C13H18ClN3/c1-13(2,6-7-15)12-16-10-5-4-9(14)8-11(10)17(12)3/h4-5,8H,6-7,15H2,1-3H3. The minimum absolute atomic E-state index is 0.0189. The molecule has 0 saturated heterocycles. The number of rotatable bonds is 3. The van der Waals surface area contributed by atoms with Crippen molar-refractivity contribution < 1.29 is 0 Å². The Balaban J connectivity index is 2.60. The highest BCUT2D eigenvalue weighted by Crippen LogP contribution is 2.29. The third-order valence-corrected chi connectivity index (χ3v) is 3.45. The van der Waals surface area contributed by atoms with E-state index in [1.54, 1.807) is 0 Å². The highest BCUT2D eigenvalue weighted by molar-refractivity contribution is 6.31. The van der Waals surface area contributed by atoms with Gasteiger partial charge in [-0.3, -0.25) is 0 Å². The van der Waals surface area contributed by atoms with E-state index >= 15 is 0 Å². The van der Waals surface area contributed by atoms with Crippen molar-refractivity contribution in [2.75, 3.05) is 6.54 Å². The molecule has 0 unspecified atom stereocenters. The second kappa shape index (κ2) is 4.31. The van der Waals surface area contributed by atoms with E-state index in [0.717, 1.165) is 28.3 Å². The van der Waals surface area contributed by atoms with Crippen molar-refractivity contribution in [2.24, 2.45) is 12.8 Å². The van der Waals surface area contributed by atoms with Crippen molar-refractivity contribution in [3.63, 3.8) is 0 Å². The van der Waals surface area contributed by atoms with E-state index in [-0.39, 0.29) is 5.41 Å². The van der Waals surface area contributed by atoms with Gasteiger partial charge < -0.3 is 10.3 Å². The van der Waals surface area contributed by atoms with Crippen LogP contribution in [-0.2, 0) is 12.5 Å². The molecule has 92 valence electrons. The maximum Gasteiger partial charge on any atom is 0.115 e. The molecular formula is C13H18ClN3. The molecule has 3 nitrogen and oxygen atoms in total. The predicted molar refractivity (Wildman–Crippen MR) is 72.4 cm³/mol. The summed E-state index contributed by atoms with van der Waals surface area (Å²) < 4.78 is 2.11. The molecule has 0 fully saturated rings. The molecule has 1 heterocycles. The largest absolute Gasteiger partial charge is 0.331 e. The fraction of sp³-hybridized carbons (Fsp3) is 0.462. The SMILES string of the molecule is Cn1c(C(C)(C)CCN)nc2ccc(Cl)cc21. The fourth-order valence-corrected chi connectivity index (χ4v) is 2.41. The first-order chi connectivity index (χ1) is 7.95. The highest BCUT2D eigenvalue weighted by Gasteiger charge is 2.25. The van der Waals surface area contributed by atoms with E-state index in [4.69, 9.17) is 22.3 Å². The lowest BCUT2D eigenvalue weighted by atomic mass is 9.88. The van der Waals surface area contributed by atoms with Crippen molar-refractivity contribution in [3.8, 4) is 0 Å². The predicted octanol–water partition coefficient (Wildman–Crippen LogP) is 2.85. The Bertz CT molecular complexity index is 543. The first-order valence-corrected chi connectivity index (χ1v) is 6.16. The average Bonchev–Trinajstić information content (AvgIpc) is 2.57. The van der Waals surface area contributed by atoms with Gasteiger partial charge in [0.25, 0.3) is 0 Å². The molecule has 0 radical (unpaired) electrons. The van der Waals surface area contributed by atoms with E-state index in [1.807, 2.05) is 25.2 Å². The van der Waals surface area contributed by atoms with Gasteiger partial charge in [0.2, 0.25) is 0 Å². The topological polar surface area (TPSA) is 43.8 Å². The summed E-state index contributed by atoms with van der Waals surface area (Å²) in [5.41, 5.74) is 7.69. The lowest BCUT2D eigenvalue weighted by Crippen LogP contribution is -2.25. The molecule has 2 aromatic rings. The molecule has 0 amide bonds. The molecule has 0 saturated carbocycles. The number of hydrogen-bond donors (Lipinski definition) is 1. The van der Waals surface area contributed by atoms with Gasteiger partial charge in [-0.1, -0.05) is 25.4 Å². The quantitative estimate of drug-likeness (QED) is 0.912. The van der Waals surface area contributed by atoms with Crippen LogP contribution in [0.3, 0.4) is 0 Å². The Morgan fingerprint density at radius 2 is 2.12 bits per heavy atom. The van der Waals surface area contributed by atoms with Gasteiger partial charge in [0.1, 0.15) is 5.82 Å². The van der Waals surface area contributed by atoms with E-state index in [9.17, 15) is 0 Å². The summed E-state index contributed by atoms with van der Waals surface area (Å²) in [5.74, 6) is 1.06. The summed E-state index contributed by atoms with van der Waals surface area (Å²) in [6.07, 6.45) is 0.915. The van der Waals surface area contributed by atoms with Crippen LogP contribution >= 0.6 is 11.6 Å². The van der Waals surface area contributed by atoms with Crippen molar-refractivity contribution in [3.05, 3.63) is 29.0 Å². The number of nitrogens with two attached hydrogens (primary N) is 1. The molecule has 0 bridgehead atoms. The molecule has 17 heavy (non-hydrogen) atoms. The van der Waals surface area contributed by atoms with Crippen molar-refractivity contribution >= 4 is 22.6 Å². The summed E-state index contributed by atoms with van der Waals surface area (Å²) in [5, 5.41) is 0.740. The number of imidazole rings is 1. The third-order valence-electron chi connectivity index (χ3n) is 3.22. The number of aryl methyl sites for hydroxylation is 1. The number of nitrogens with zero attached hydrogens (tertiary/aromatic N) is 2. The fourth-order valence-electron chi connectivity index (χ4n) is 2.24. The van der Waals surface area contributed by atoms with Crippen LogP contribution in [0.2, 0.25) is 5.02 Å². The Morgan fingerprint density at radius 3 is 2.76 bits per heavy atom. The van der Waals surface area contributed by atoms with E-state index < -0.39 is 0 Å². The molecule has 1 aromatic carbocycles. The number of halogens is 1. The van der Waals surface area contributed by atoms with Crippen LogP contribution in [-0.4, -0.2) is 16.1 Å². The zero-order chi connectivity index (χ0) is 12.6. The lowest BCUT2D eigenvalue weighted by molar-refractivity contribution is 0.445. The van der Waals surface area contributed by atoms with Gasteiger partial charge >= 0.3 is 0 Å². The first kappa shape index (κ1) is 12.4. The van der Waals surface area contributed by atoms with Gasteiger partial charge in [-0.05, 0) is 31.2 Å². The molecule has 0 aliphatic carbocycles. The molecular weight excluding hydrogens is 234 g/mol. The maximum absolute atomic E-state index is 6.01. The van der Waals surface area contributed by atoms with E-state index in [0.29, 0.717) is 6.54 Å². The first-order valence-electron chi connectivity index (χ1n) is 5.78. The Kier molecular flexibility index (Phi) is 3.15. The summed E-state index contributed by atoms with van der Waals surface area (Å²) in [4.78, 5) is 4.69. The van der Waals surface area contributed by atoms with Gasteiger partial charge in [0.15, 0.2) is 0 Å². The zero-order valence-electron chi connectivity index (χ0n) is 10.5. The normalized spacial score (nSPS) is 12.3. The van der Waals surface area contributed by atoms with Crippen molar-refractivity contribution in [2.45, 2.75) is 25.7 Å². The van der Waals surface area contributed by atoms with Crippen LogP contribution in [0.4, 0.5) is 0 Å². The maximum atomic E-state index is 6.01. The van der Waals surface area contributed by atoms with Gasteiger partial charge in [-0.2, -0.15) is 0 Å².